The van der Waals surface area contributed by atoms with Crippen LogP contribution < -0.4 is 10.1 Å². The summed E-state index contributed by atoms with van der Waals surface area (Å²) in [7, 11) is 0. The number of alkyl halides is 2. The molecule has 1 N–H and O–H groups in total. The Bertz CT molecular complexity index is 425. The van der Waals surface area contributed by atoms with Crippen molar-refractivity contribution in [2.24, 2.45) is 5.92 Å². The molecule has 0 fully saturated rings. The van der Waals surface area contributed by atoms with Crippen molar-refractivity contribution >= 4 is 6.08 Å². The number of hydrogen-bond donors (Lipinski definition) is 1. The Balaban J connectivity index is 2.77. The van der Waals surface area contributed by atoms with Crippen LogP contribution in [0.5, 0.6) is 5.75 Å². The fourth-order valence-corrected chi connectivity index (χ4v) is 1.70. The van der Waals surface area contributed by atoms with Gasteiger partial charge >= 0.3 is 6.61 Å². The van der Waals surface area contributed by atoms with E-state index in [1.54, 1.807) is 24.3 Å². The molecule has 0 aliphatic carbocycles. The summed E-state index contributed by atoms with van der Waals surface area (Å²) in [5.74, 6) is 0.613. The van der Waals surface area contributed by atoms with Gasteiger partial charge in [-0.1, -0.05) is 51.5 Å². The van der Waals surface area contributed by atoms with Crippen molar-refractivity contribution in [3.63, 3.8) is 0 Å². The maximum atomic E-state index is 12.1. The highest BCUT2D eigenvalue weighted by atomic mass is 19.3. The number of halogens is 2. The molecule has 0 unspecified atom stereocenters. The van der Waals surface area contributed by atoms with E-state index in [1.165, 1.54) is 5.57 Å². The highest BCUT2D eigenvalue weighted by Gasteiger charge is 2.06. The van der Waals surface area contributed by atoms with E-state index in [4.69, 9.17) is 0 Å². The van der Waals surface area contributed by atoms with E-state index in [9.17, 15) is 8.78 Å². The Morgan fingerprint density at radius 2 is 1.75 bits per heavy atom. The van der Waals surface area contributed by atoms with Crippen LogP contribution in [0.1, 0.15) is 33.3 Å². The Labute approximate surface area is 119 Å². The molecule has 0 radical (unpaired) electrons. The molecule has 0 bridgehead atoms. The lowest BCUT2D eigenvalue weighted by Crippen LogP contribution is -2.26. The van der Waals surface area contributed by atoms with Gasteiger partial charge in [0, 0.05) is 12.6 Å². The largest absolute Gasteiger partial charge is 0.435 e. The summed E-state index contributed by atoms with van der Waals surface area (Å²) in [5.41, 5.74) is 2.27. The van der Waals surface area contributed by atoms with Crippen molar-refractivity contribution in [1.82, 2.24) is 5.32 Å². The van der Waals surface area contributed by atoms with Crippen molar-refractivity contribution in [3.8, 4) is 5.75 Å². The molecule has 0 spiro atoms. The number of rotatable bonds is 7. The second kappa shape index (κ2) is 8.00. The van der Waals surface area contributed by atoms with Gasteiger partial charge in [0.2, 0.25) is 0 Å². The Kier molecular flexibility index (Phi) is 6.65. The third-order valence-electron chi connectivity index (χ3n) is 2.91. The highest BCUT2D eigenvalue weighted by Crippen LogP contribution is 2.19. The zero-order valence-electron chi connectivity index (χ0n) is 12.5. The monoisotopic (exact) mass is 283 g/mol. The summed E-state index contributed by atoms with van der Waals surface area (Å²) in [6.45, 7) is 6.54. The molecule has 1 aromatic carbocycles. The van der Waals surface area contributed by atoms with Crippen molar-refractivity contribution < 1.29 is 13.5 Å². The van der Waals surface area contributed by atoms with E-state index in [-0.39, 0.29) is 5.75 Å². The maximum Gasteiger partial charge on any atom is 0.387 e. The van der Waals surface area contributed by atoms with Gasteiger partial charge in [-0.3, -0.25) is 0 Å². The van der Waals surface area contributed by atoms with E-state index in [0.717, 1.165) is 12.1 Å². The van der Waals surface area contributed by atoms with Crippen LogP contribution >= 0.6 is 0 Å². The average Bonchev–Trinajstić information content (AvgIpc) is 2.35. The van der Waals surface area contributed by atoms with Crippen molar-refractivity contribution in [2.75, 3.05) is 6.54 Å². The fraction of sp³-hybridized carbons (Fsp3) is 0.500. The molecule has 112 valence electrons. The third-order valence-corrected chi connectivity index (χ3v) is 2.91. The minimum Gasteiger partial charge on any atom is -0.435 e. The number of ether oxygens (including phenoxy) is 1. The average molecular weight is 283 g/mol. The minimum atomic E-state index is -2.78. The first-order chi connectivity index (χ1) is 9.38. The molecule has 0 heterocycles. The lowest BCUT2D eigenvalue weighted by Gasteiger charge is -2.15. The van der Waals surface area contributed by atoms with Crippen LogP contribution in [0.3, 0.4) is 0 Å². The van der Waals surface area contributed by atoms with Gasteiger partial charge in [0.05, 0.1) is 0 Å². The van der Waals surface area contributed by atoms with Gasteiger partial charge in [0.1, 0.15) is 5.75 Å². The topological polar surface area (TPSA) is 21.3 Å². The van der Waals surface area contributed by atoms with Crippen LogP contribution in [0.25, 0.3) is 6.08 Å². The second-order valence-corrected chi connectivity index (χ2v) is 5.36. The van der Waals surface area contributed by atoms with E-state index in [0.29, 0.717) is 12.0 Å². The normalized spacial score (nSPS) is 12.6. The SMILES string of the molecule is CC(C)NCC(=Cc1ccc(OC(F)F)cc1)C(C)C. The van der Waals surface area contributed by atoms with Gasteiger partial charge < -0.3 is 10.1 Å². The predicted molar refractivity (Wildman–Crippen MR) is 79.0 cm³/mol. The zero-order valence-corrected chi connectivity index (χ0v) is 12.5. The van der Waals surface area contributed by atoms with Gasteiger partial charge in [0.15, 0.2) is 0 Å². The Morgan fingerprint density at radius 3 is 2.20 bits per heavy atom. The molecule has 0 aromatic heterocycles. The molecule has 20 heavy (non-hydrogen) atoms. The van der Waals surface area contributed by atoms with Crippen LogP contribution in [-0.4, -0.2) is 19.2 Å². The predicted octanol–water partition coefficient (Wildman–Crippen LogP) is 4.33. The summed E-state index contributed by atoms with van der Waals surface area (Å²) in [5, 5.41) is 3.39. The number of benzene rings is 1. The lowest BCUT2D eigenvalue weighted by atomic mass is 10.00. The van der Waals surface area contributed by atoms with E-state index < -0.39 is 6.61 Å². The van der Waals surface area contributed by atoms with Crippen LogP contribution in [0, 0.1) is 5.92 Å². The van der Waals surface area contributed by atoms with E-state index in [1.807, 2.05) is 0 Å². The van der Waals surface area contributed by atoms with Gasteiger partial charge in [-0.05, 0) is 23.6 Å². The van der Waals surface area contributed by atoms with Crippen LogP contribution in [0.4, 0.5) is 8.78 Å². The molecule has 1 aromatic rings. The van der Waals surface area contributed by atoms with Crippen molar-refractivity contribution in [1.29, 1.82) is 0 Å². The molecular weight excluding hydrogens is 260 g/mol. The maximum absolute atomic E-state index is 12.1. The molecule has 0 aliphatic heterocycles. The number of hydrogen-bond acceptors (Lipinski definition) is 2. The second-order valence-electron chi connectivity index (χ2n) is 5.36. The lowest BCUT2D eigenvalue weighted by molar-refractivity contribution is -0.0498. The Morgan fingerprint density at radius 1 is 1.15 bits per heavy atom. The molecule has 2 nitrogen and oxygen atoms in total. The molecular formula is C16H23F2NO. The molecule has 0 atom stereocenters. The summed E-state index contributed by atoms with van der Waals surface area (Å²) < 4.78 is 28.5. The summed E-state index contributed by atoms with van der Waals surface area (Å²) >= 11 is 0. The first kappa shape index (κ1) is 16.6. The molecule has 0 saturated carbocycles. The van der Waals surface area contributed by atoms with Crippen LogP contribution in [0.2, 0.25) is 0 Å². The standard InChI is InChI=1S/C16H23F2NO/c1-11(2)14(10-19-12(3)4)9-13-5-7-15(8-6-13)20-16(17)18/h5-9,11-12,16,19H,10H2,1-4H3. The smallest absolute Gasteiger partial charge is 0.387 e. The first-order valence-electron chi connectivity index (χ1n) is 6.87. The summed E-state index contributed by atoms with van der Waals surface area (Å²) in [4.78, 5) is 0. The van der Waals surface area contributed by atoms with Crippen molar-refractivity contribution in [2.45, 2.75) is 40.3 Å². The number of nitrogens with one attached hydrogen (secondary N) is 1. The van der Waals surface area contributed by atoms with E-state index in [2.05, 4.69) is 43.8 Å². The fourth-order valence-electron chi connectivity index (χ4n) is 1.70. The quantitative estimate of drug-likeness (QED) is 0.804. The molecule has 1 rings (SSSR count). The van der Waals surface area contributed by atoms with Gasteiger partial charge in [-0.2, -0.15) is 8.78 Å². The van der Waals surface area contributed by atoms with Crippen LogP contribution in [0.15, 0.2) is 29.8 Å². The molecule has 0 saturated heterocycles. The minimum absolute atomic E-state index is 0.184. The van der Waals surface area contributed by atoms with Gasteiger partial charge in [0.25, 0.3) is 0 Å². The zero-order chi connectivity index (χ0) is 15.1. The van der Waals surface area contributed by atoms with Crippen LogP contribution in [-0.2, 0) is 0 Å². The molecule has 0 amide bonds. The molecule has 4 heteroatoms. The van der Waals surface area contributed by atoms with E-state index >= 15 is 0 Å². The Hall–Kier alpha value is -1.42. The summed E-state index contributed by atoms with van der Waals surface area (Å²) in [6.07, 6.45) is 2.09. The molecule has 0 aliphatic rings. The van der Waals surface area contributed by atoms with Crippen molar-refractivity contribution in [3.05, 3.63) is 35.4 Å². The highest BCUT2D eigenvalue weighted by molar-refractivity contribution is 5.54. The van der Waals surface area contributed by atoms with Gasteiger partial charge in [-0.15, -0.1) is 0 Å². The third kappa shape index (κ3) is 6.15. The van der Waals surface area contributed by atoms with Gasteiger partial charge in [-0.25, -0.2) is 0 Å². The summed E-state index contributed by atoms with van der Waals surface area (Å²) in [6, 6.07) is 7.13. The first-order valence-corrected chi connectivity index (χ1v) is 6.87.